The Labute approximate surface area is 178 Å². The van der Waals surface area contributed by atoms with Crippen LogP contribution in [0.2, 0.25) is 5.02 Å². The molecule has 1 amide bonds. The molecule has 0 unspecified atom stereocenters. The minimum atomic E-state index is -3.14. The van der Waals surface area contributed by atoms with E-state index in [1.807, 2.05) is 0 Å². The molecule has 2 aromatic rings. The van der Waals surface area contributed by atoms with Gasteiger partial charge in [0.25, 0.3) is 5.91 Å². The van der Waals surface area contributed by atoms with Crippen LogP contribution in [-0.4, -0.2) is 60.0 Å². The Morgan fingerprint density at radius 2 is 2.13 bits per heavy atom. The van der Waals surface area contributed by atoms with Gasteiger partial charge in [-0.2, -0.15) is 0 Å². The molecule has 1 saturated heterocycles. The van der Waals surface area contributed by atoms with Crippen LogP contribution in [0.5, 0.6) is 0 Å². The summed E-state index contributed by atoms with van der Waals surface area (Å²) in [5.41, 5.74) is 0.815. The van der Waals surface area contributed by atoms with Crippen molar-refractivity contribution in [3.05, 3.63) is 33.8 Å². The lowest BCUT2D eigenvalue weighted by molar-refractivity contribution is -0.160. The Bertz CT molecular complexity index is 1120. The number of oxazole rings is 1. The lowest BCUT2D eigenvalue weighted by Gasteiger charge is -2.29. The van der Waals surface area contributed by atoms with Gasteiger partial charge in [-0.25, -0.2) is 13.2 Å². The van der Waals surface area contributed by atoms with Crippen molar-refractivity contribution in [1.29, 1.82) is 0 Å². The maximum atomic E-state index is 12.7. The third-order valence-electron chi connectivity index (χ3n) is 5.10. The summed E-state index contributed by atoms with van der Waals surface area (Å²) in [7, 11) is -3.14. The topological polar surface area (TPSA) is 116 Å². The fourth-order valence-electron chi connectivity index (χ4n) is 3.61. The van der Waals surface area contributed by atoms with Crippen LogP contribution in [0.25, 0.3) is 11.1 Å². The Morgan fingerprint density at radius 3 is 2.77 bits per heavy atom. The predicted octanol–water partition coefficient (Wildman–Crippen LogP) is 1.61. The van der Waals surface area contributed by atoms with E-state index in [-0.39, 0.29) is 24.5 Å². The number of aryl methyl sites for hydroxylation is 1. The summed E-state index contributed by atoms with van der Waals surface area (Å²) >= 11 is 5.88. The van der Waals surface area contributed by atoms with Gasteiger partial charge in [0.1, 0.15) is 0 Å². The summed E-state index contributed by atoms with van der Waals surface area (Å²) in [4.78, 5) is 38.4. The van der Waals surface area contributed by atoms with Crippen LogP contribution >= 0.6 is 11.6 Å². The van der Waals surface area contributed by atoms with Crippen molar-refractivity contribution >= 4 is 44.4 Å². The second kappa shape index (κ2) is 8.81. The highest BCUT2D eigenvalue weighted by molar-refractivity contribution is 7.91. The van der Waals surface area contributed by atoms with Crippen LogP contribution in [0.4, 0.5) is 0 Å². The zero-order valence-corrected chi connectivity index (χ0v) is 18.2. The van der Waals surface area contributed by atoms with E-state index in [9.17, 15) is 22.8 Å². The van der Waals surface area contributed by atoms with Crippen molar-refractivity contribution in [3.8, 4) is 0 Å². The number of halogens is 1. The first kappa shape index (κ1) is 22.4. The molecule has 0 radical (unpaired) electrons. The molecule has 0 saturated carbocycles. The number of esters is 1. The smallest absolute Gasteiger partial charge is 0.419 e. The first-order valence-electron chi connectivity index (χ1n) is 9.60. The molecule has 164 valence electrons. The molecule has 30 heavy (non-hydrogen) atoms. The van der Waals surface area contributed by atoms with Crippen LogP contribution in [-0.2, 0) is 30.7 Å². The molecule has 9 nitrogen and oxygen atoms in total. The SMILES string of the molecule is CCN(C(=O)[C@@H](C)OC(=O)CCn1c(=O)oc2cc(Cl)ccc21)[C@H]1CCS(=O)(=O)C1. The normalized spacial score (nSPS) is 19.0. The molecule has 2 atom stereocenters. The van der Waals surface area contributed by atoms with Crippen molar-refractivity contribution in [2.45, 2.75) is 45.4 Å². The average Bonchev–Trinajstić information content (AvgIpc) is 3.18. The second-order valence-corrected chi connectivity index (χ2v) is 9.86. The lowest BCUT2D eigenvalue weighted by atomic mass is 10.2. The van der Waals surface area contributed by atoms with E-state index >= 15 is 0 Å². The number of rotatable bonds is 7. The van der Waals surface area contributed by atoms with E-state index < -0.39 is 39.6 Å². The standard InChI is InChI=1S/C19H23ClN2O7S/c1-3-21(14-7-9-30(26,27)11-14)18(24)12(2)28-17(23)6-8-22-15-5-4-13(20)10-16(15)29-19(22)25/h4-5,10,12,14H,3,6-9,11H2,1-2H3/t12-,14+/m1/s1. The van der Waals surface area contributed by atoms with Gasteiger partial charge >= 0.3 is 11.7 Å². The third-order valence-corrected chi connectivity index (χ3v) is 7.08. The third kappa shape index (κ3) is 4.86. The molecule has 3 rings (SSSR count). The van der Waals surface area contributed by atoms with Gasteiger partial charge in [0.2, 0.25) is 0 Å². The van der Waals surface area contributed by atoms with Gasteiger partial charge in [0.15, 0.2) is 21.5 Å². The molecular weight excluding hydrogens is 436 g/mol. The molecule has 1 aliphatic rings. The predicted molar refractivity (Wildman–Crippen MR) is 110 cm³/mol. The van der Waals surface area contributed by atoms with Crippen LogP contribution in [0.3, 0.4) is 0 Å². The number of fused-ring (bicyclic) bond motifs is 1. The molecule has 1 aromatic carbocycles. The molecule has 0 N–H and O–H groups in total. The monoisotopic (exact) mass is 458 g/mol. The van der Waals surface area contributed by atoms with Gasteiger partial charge < -0.3 is 14.1 Å². The number of carbonyl (C=O) groups excluding carboxylic acids is 2. The molecule has 0 bridgehead atoms. The van der Waals surface area contributed by atoms with Crippen LogP contribution in [0.1, 0.15) is 26.7 Å². The number of aromatic nitrogens is 1. The molecule has 0 aliphatic carbocycles. The highest BCUT2D eigenvalue weighted by atomic mass is 35.5. The Hall–Kier alpha value is -2.33. The summed E-state index contributed by atoms with van der Waals surface area (Å²) < 4.78 is 35.0. The Morgan fingerprint density at radius 1 is 1.40 bits per heavy atom. The number of nitrogens with zero attached hydrogens (tertiary/aromatic N) is 2. The van der Waals surface area contributed by atoms with Crippen LogP contribution in [0, 0.1) is 0 Å². The number of likely N-dealkylation sites (N-methyl/N-ethyl adjacent to an activating group) is 1. The minimum absolute atomic E-state index is 0.0194. The van der Waals surface area contributed by atoms with E-state index in [1.165, 1.54) is 22.5 Å². The first-order valence-corrected chi connectivity index (χ1v) is 11.8. The van der Waals surface area contributed by atoms with Crippen LogP contribution in [0.15, 0.2) is 27.4 Å². The summed E-state index contributed by atoms with van der Waals surface area (Å²) in [6.07, 6.45) is -0.820. The fraction of sp³-hybridized carbons (Fsp3) is 0.526. The number of hydrogen-bond donors (Lipinski definition) is 0. The zero-order chi connectivity index (χ0) is 22.1. The minimum Gasteiger partial charge on any atom is -0.452 e. The molecule has 1 aromatic heterocycles. The van der Waals surface area contributed by atoms with Gasteiger partial charge in [-0.05, 0) is 32.4 Å². The lowest BCUT2D eigenvalue weighted by Crippen LogP contribution is -2.46. The number of benzene rings is 1. The summed E-state index contributed by atoms with van der Waals surface area (Å²) in [6.45, 7) is 3.54. The molecule has 1 fully saturated rings. The quantitative estimate of drug-likeness (QED) is 0.578. The summed E-state index contributed by atoms with van der Waals surface area (Å²) in [5.74, 6) is -1.74. The molecule has 2 heterocycles. The summed E-state index contributed by atoms with van der Waals surface area (Å²) in [6, 6.07) is 4.33. The highest BCUT2D eigenvalue weighted by Gasteiger charge is 2.36. The van der Waals surface area contributed by atoms with Gasteiger partial charge in [-0.3, -0.25) is 14.2 Å². The van der Waals surface area contributed by atoms with E-state index in [4.69, 9.17) is 20.8 Å². The largest absolute Gasteiger partial charge is 0.452 e. The van der Waals surface area contributed by atoms with Crippen molar-refractivity contribution in [1.82, 2.24) is 9.47 Å². The van der Waals surface area contributed by atoms with E-state index in [2.05, 4.69) is 0 Å². The first-order chi connectivity index (χ1) is 14.1. The van der Waals surface area contributed by atoms with Crippen molar-refractivity contribution in [2.75, 3.05) is 18.1 Å². The van der Waals surface area contributed by atoms with Crippen molar-refractivity contribution in [2.24, 2.45) is 0 Å². The Kier molecular flexibility index (Phi) is 6.56. The highest BCUT2D eigenvalue weighted by Crippen LogP contribution is 2.20. The maximum Gasteiger partial charge on any atom is 0.419 e. The van der Waals surface area contributed by atoms with E-state index in [0.29, 0.717) is 29.1 Å². The molecule has 11 heteroatoms. The van der Waals surface area contributed by atoms with Gasteiger partial charge in [-0.15, -0.1) is 0 Å². The van der Waals surface area contributed by atoms with E-state index in [1.54, 1.807) is 19.1 Å². The number of carbonyl (C=O) groups is 2. The van der Waals surface area contributed by atoms with Crippen molar-refractivity contribution in [3.63, 3.8) is 0 Å². The summed E-state index contributed by atoms with van der Waals surface area (Å²) in [5, 5.41) is 0.422. The molecule has 1 aliphatic heterocycles. The van der Waals surface area contributed by atoms with Gasteiger partial charge in [0.05, 0.1) is 23.4 Å². The Balaban J connectivity index is 1.60. The number of amides is 1. The second-order valence-electron chi connectivity index (χ2n) is 7.19. The molecule has 0 spiro atoms. The fourth-order valence-corrected chi connectivity index (χ4v) is 5.50. The van der Waals surface area contributed by atoms with E-state index in [0.717, 1.165) is 0 Å². The number of ether oxygens (including phenoxy) is 1. The van der Waals surface area contributed by atoms with Gasteiger partial charge in [-0.1, -0.05) is 11.6 Å². The number of hydrogen-bond acceptors (Lipinski definition) is 7. The average molecular weight is 459 g/mol. The molecular formula is C19H23ClN2O7S. The maximum absolute atomic E-state index is 12.7. The zero-order valence-electron chi connectivity index (χ0n) is 16.7. The van der Waals surface area contributed by atoms with Crippen molar-refractivity contribution < 1.29 is 27.2 Å². The number of sulfone groups is 1. The van der Waals surface area contributed by atoms with Crippen LogP contribution < -0.4 is 5.76 Å². The van der Waals surface area contributed by atoms with Gasteiger partial charge in [0, 0.05) is 30.2 Å².